The molecule has 1 N–H and O–H groups in total. The summed E-state index contributed by atoms with van der Waals surface area (Å²) in [6.45, 7) is 12.9. The van der Waals surface area contributed by atoms with Gasteiger partial charge in [0.25, 0.3) is 0 Å². The summed E-state index contributed by atoms with van der Waals surface area (Å²) >= 11 is 1.40. The van der Waals surface area contributed by atoms with Gasteiger partial charge in [-0.25, -0.2) is 0 Å². The number of furan rings is 1. The Balaban J connectivity index is 1.55. The minimum absolute atomic E-state index is 0.00465. The van der Waals surface area contributed by atoms with E-state index in [1.54, 1.807) is 6.26 Å². The van der Waals surface area contributed by atoms with E-state index in [2.05, 4.69) is 48.1 Å². The first-order valence-corrected chi connectivity index (χ1v) is 11.0. The van der Waals surface area contributed by atoms with Crippen molar-refractivity contribution in [2.45, 2.75) is 50.9 Å². The average Bonchev–Trinajstić information content (AvgIpc) is 3.36. The molecule has 0 bridgehead atoms. The van der Waals surface area contributed by atoms with Gasteiger partial charge in [-0.2, -0.15) is 0 Å². The first-order valence-electron chi connectivity index (χ1n) is 10.0. The van der Waals surface area contributed by atoms with Crippen LogP contribution in [0.5, 0.6) is 0 Å². The third kappa shape index (κ3) is 5.83. The first-order chi connectivity index (χ1) is 13.9. The molecule has 0 aromatic carbocycles. The van der Waals surface area contributed by atoms with Gasteiger partial charge in [0.2, 0.25) is 5.91 Å². The Morgan fingerprint density at radius 3 is 2.72 bits per heavy atom. The minimum atomic E-state index is -0.103. The number of aromatic nitrogens is 3. The molecular weight excluding hydrogens is 390 g/mol. The Bertz CT molecular complexity index is 782. The zero-order valence-corrected chi connectivity index (χ0v) is 18.5. The van der Waals surface area contributed by atoms with Crippen LogP contribution in [0.2, 0.25) is 0 Å². The zero-order chi connectivity index (χ0) is 20.9. The number of nitrogens with one attached hydrogen (secondary N) is 1. The predicted octanol–water partition coefficient (Wildman–Crippen LogP) is 2.36. The monoisotopic (exact) mass is 421 g/mol. The maximum Gasteiger partial charge on any atom is 0.230 e. The van der Waals surface area contributed by atoms with Crippen molar-refractivity contribution in [2.75, 3.05) is 38.6 Å². The molecule has 3 rings (SSSR count). The lowest BCUT2D eigenvalue weighted by atomic mass is 10.0. The maximum atomic E-state index is 12.5. The third-order valence-electron chi connectivity index (χ3n) is 5.07. The fourth-order valence-corrected chi connectivity index (χ4v) is 4.09. The van der Waals surface area contributed by atoms with E-state index < -0.39 is 0 Å². The summed E-state index contributed by atoms with van der Waals surface area (Å²) < 4.78 is 12.9. The lowest BCUT2D eigenvalue weighted by Gasteiger charge is -2.40. The second kappa shape index (κ2) is 9.77. The summed E-state index contributed by atoms with van der Waals surface area (Å²) in [4.78, 5) is 14.8. The minimum Gasteiger partial charge on any atom is -0.467 e. The van der Waals surface area contributed by atoms with Gasteiger partial charge in [0.1, 0.15) is 11.6 Å². The van der Waals surface area contributed by atoms with Crippen LogP contribution in [0.1, 0.15) is 45.2 Å². The molecular formula is C20H31N5O3S. The summed E-state index contributed by atoms with van der Waals surface area (Å²) in [7, 11) is 0. The summed E-state index contributed by atoms with van der Waals surface area (Å²) in [5, 5.41) is 12.4. The van der Waals surface area contributed by atoms with Crippen LogP contribution in [0.15, 0.2) is 28.0 Å². The molecule has 8 nitrogen and oxygen atoms in total. The van der Waals surface area contributed by atoms with Gasteiger partial charge >= 0.3 is 0 Å². The summed E-state index contributed by atoms with van der Waals surface area (Å²) in [6.07, 6.45) is 1.66. The summed E-state index contributed by atoms with van der Waals surface area (Å²) in [5.74, 6) is 2.25. The fourth-order valence-electron chi connectivity index (χ4n) is 3.32. The molecule has 1 aliphatic rings. The maximum absolute atomic E-state index is 12.5. The number of carbonyl (C=O) groups is 1. The van der Waals surface area contributed by atoms with E-state index in [4.69, 9.17) is 9.15 Å². The molecule has 3 heterocycles. The van der Waals surface area contributed by atoms with Gasteiger partial charge < -0.3 is 14.5 Å². The molecule has 0 radical (unpaired) electrons. The molecule has 0 atom stereocenters. The van der Waals surface area contributed by atoms with E-state index in [0.29, 0.717) is 18.8 Å². The number of morpholine rings is 1. The summed E-state index contributed by atoms with van der Waals surface area (Å²) in [5.41, 5.74) is -0.103. The molecule has 1 saturated heterocycles. The number of thioether (sulfide) groups is 1. The molecule has 29 heavy (non-hydrogen) atoms. The van der Waals surface area contributed by atoms with Gasteiger partial charge in [-0.3, -0.25) is 14.3 Å². The molecule has 1 aliphatic heterocycles. The highest BCUT2D eigenvalue weighted by molar-refractivity contribution is 7.99. The van der Waals surface area contributed by atoms with Gasteiger partial charge in [-0.1, -0.05) is 25.6 Å². The van der Waals surface area contributed by atoms with E-state index in [-0.39, 0.29) is 17.4 Å². The predicted molar refractivity (Wildman–Crippen MR) is 112 cm³/mol. The van der Waals surface area contributed by atoms with Crippen molar-refractivity contribution in [3.05, 3.63) is 30.0 Å². The number of carbonyl (C=O) groups excluding carboxylic acids is 1. The number of hydrogen-bond donors (Lipinski definition) is 1. The normalized spacial score (nSPS) is 15.8. The molecule has 2 aromatic rings. The van der Waals surface area contributed by atoms with Gasteiger partial charge in [-0.15, -0.1) is 10.2 Å². The van der Waals surface area contributed by atoms with Crippen LogP contribution in [0.4, 0.5) is 0 Å². The number of hydrogen-bond acceptors (Lipinski definition) is 7. The molecule has 1 fully saturated rings. The Kier molecular flexibility index (Phi) is 7.37. The Labute approximate surface area is 176 Å². The van der Waals surface area contributed by atoms with Gasteiger partial charge in [0, 0.05) is 31.1 Å². The lowest BCUT2D eigenvalue weighted by Crippen LogP contribution is -2.55. The van der Waals surface area contributed by atoms with E-state index in [1.165, 1.54) is 11.8 Å². The van der Waals surface area contributed by atoms with Crippen molar-refractivity contribution in [2.24, 2.45) is 0 Å². The molecule has 0 saturated carbocycles. The fraction of sp³-hybridized carbons (Fsp3) is 0.650. The quantitative estimate of drug-likeness (QED) is 0.622. The summed E-state index contributed by atoms with van der Waals surface area (Å²) in [6, 6.07) is 3.80. The molecule has 160 valence electrons. The van der Waals surface area contributed by atoms with Crippen LogP contribution in [0.25, 0.3) is 0 Å². The van der Waals surface area contributed by atoms with E-state index in [0.717, 1.165) is 43.0 Å². The van der Waals surface area contributed by atoms with E-state index in [9.17, 15) is 4.79 Å². The number of amides is 1. The lowest BCUT2D eigenvalue weighted by molar-refractivity contribution is -0.119. The van der Waals surface area contributed by atoms with Crippen LogP contribution >= 0.6 is 11.8 Å². The number of nitrogens with zero attached hydrogens (tertiary/aromatic N) is 4. The van der Waals surface area contributed by atoms with Crippen molar-refractivity contribution in [1.82, 2.24) is 25.0 Å². The second-order valence-corrected chi connectivity index (χ2v) is 9.08. The second-order valence-electron chi connectivity index (χ2n) is 8.14. The number of ether oxygens (including phenoxy) is 1. The van der Waals surface area contributed by atoms with Crippen LogP contribution in [-0.2, 0) is 16.1 Å². The topological polar surface area (TPSA) is 85.4 Å². The highest BCUT2D eigenvalue weighted by atomic mass is 32.2. The smallest absolute Gasteiger partial charge is 0.230 e. The Morgan fingerprint density at radius 2 is 2.07 bits per heavy atom. The Morgan fingerprint density at radius 1 is 1.31 bits per heavy atom. The first kappa shape index (κ1) is 21.9. The highest BCUT2D eigenvalue weighted by Crippen LogP contribution is 2.23. The van der Waals surface area contributed by atoms with Crippen molar-refractivity contribution in [1.29, 1.82) is 0 Å². The zero-order valence-electron chi connectivity index (χ0n) is 17.7. The molecule has 9 heteroatoms. The van der Waals surface area contributed by atoms with Gasteiger partial charge in [0.15, 0.2) is 5.16 Å². The van der Waals surface area contributed by atoms with Crippen molar-refractivity contribution in [3.8, 4) is 0 Å². The van der Waals surface area contributed by atoms with Crippen LogP contribution in [0, 0.1) is 0 Å². The van der Waals surface area contributed by atoms with E-state index >= 15 is 0 Å². The molecule has 0 spiro atoms. The number of rotatable bonds is 9. The third-order valence-corrected chi connectivity index (χ3v) is 6.04. The van der Waals surface area contributed by atoms with Crippen molar-refractivity contribution in [3.63, 3.8) is 0 Å². The molecule has 1 amide bonds. The van der Waals surface area contributed by atoms with Crippen molar-refractivity contribution >= 4 is 17.7 Å². The molecule has 0 unspecified atom stereocenters. The van der Waals surface area contributed by atoms with Crippen molar-refractivity contribution < 1.29 is 13.9 Å². The van der Waals surface area contributed by atoms with Crippen LogP contribution < -0.4 is 5.32 Å². The molecule has 0 aliphatic carbocycles. The van der Waals surface area contributed by atoms with E-state index in [1.807, 2.05) is 16.7 Å². The van der Waals surface area contributed by atoms with Gasteiger partial charge in [0.05, 0.1) is 31.8 Å². The highest BCUT2D eigenvalue weighted by Gasteiger charge is 2.28. The standard InChI is InChI=1S/C20H31N5O3S/c1-15(2)18-22-23-19(25(18)12-16-6-5-9-28-16)29-13-17(26)21-14-20(3,4)24-7-10-27-11-8-24/h5-6,9,15H,7-8,10-14H2,1-4H3,(H,21,26). The largest absolute Gasteiger partial charge is 0.467 e. The SMILES string of the molecule is CC(C)c1nnc(SCC(=O)NCC(C)(C)N2CCOCC2)n1Cc1ccco1. The van der Waals surface area contributed by atoms with Crippen LogP contribution in [-0.4, -0.2) is 69.7 Å². The Hall–Kier alpha value is -1.84. The van der Waals surface area contributed by atoms with Gasteiger partial charge in [-0.05, 0) is 26.0 Å². The average molecular weight is 422 g/mol. The molecule has 2 aromatic heterocycles. The van der Waals surface area contributed by atoms with Crippen LogP contribution in [0.3, 0.4) is 0 Å².